The van der Waals surface area contributed by atoms with Crippen molar-refractivity contribution in [2.75, 3.05) is 5.73 Å². The number of nitrogen functional groups attached to an aromatic ring is 1. The fourth-order valence-electron chi connectivity index (χ4n) is 1.04. The molecule has 0 aromatic carbocycles. The second-order valence-corrected chi connectivity index (χ2v) is 2.54. The molecule has 0 amide bonds. The number of nitrogens with zero attached hydrogens (tertiary/aromatic N) is 4. The largest absolute Gasteiger partial charge is 0.370 e. The molecule has 2 aromatic rings. The Bertz CT molecular complexity index is 494. The molecule has 0 radical (unpaired) electrons. The quantitative estimate of drug-likeness (QED) is 0.331. The van der Waals surface area contributed by atoms with Crippen LogP contribution in [-0.2, 0) is 0 Å². The topological polar surface area (TPSA) is 145 Å². The maximum atomic E-state index is 5.43. The van der Waals surface area contributed by atoms with E-state index in [1.807, 2.05) is 0 Å². The summed E-state index contributed by atoms with van der Waals surface area (Å²) < 4.78 is 0. The van der Waals surface area contributed by atoms with Crippen LogP contribution in [0, 0.1) is 0 Å². The number of H-pyrrole nitrogens is 1. The summed E-state index contributed by atoms with van der Waals surface area (Å²) >= 11 is 0. The van der Waals surface area contributed by atoms with Gasteiger partial charge in [0.2, 0.25) is 5.95 Å². The van der Waals surface area contributed by atoms with Crippen molar-refractivity contribution in [3.63, 3.8) is 0 Å². The van der Waals surface area contributed by atoms with E-state index in [1.165, 1.54) is 6.33 Å². The van der Waals surface area contributed by atoms with Gasteiger partial charge in [-0.1, -0.05) is 0 Å². The molecule has 0 spiro atoms. The molecule has 2 heterocycles. The third-order valence-corrected chi connectivity index (χ3v) is 1.52. The first-order valence-corrected chi connectivity index (χ1v) is 3.73. The fourth-order valence-corrected chi connectivity index (χ4v) is 1.04. The van der Waals surface area contributed by atoms with Gasteiger partial charge in [0.15, 0.2) is 17.4 Å². The molecule has 0 aliphatic heterocycles. The summed E-state index contributed by atoms with van der Waals surface area (Å²) in [5, 5.41) is 0. The molecular formula is C6H8N8. The Morgan fingerprint density at radius 3 is 2.86 bits per heavy atom. The molecule has 0 saturated heterocycles. The summed E-state index contributed by atoms with van der Waals surface area (Å²) in [6.45, 7) is 0. The summed E-state index contributed by atoms with van der Waals surface area (Å²) in [4.78, 5) is 18.2. The smallest absolute Gasteiger partial charge is 0.224 e. The number of imidazole rings is 1. The summed E-state index contributed by atoms with van der Waals surface area (Å²) in [6.07, 6.45) is 1.46. The number of aromatic amines is 1. The molecule has 0 unspecified atom stereocenters. The maximum absolute atomic E-state index is 5.43. The van der Waals surface area contributed by atoms with E-state index in [9.17, 15) is 0 Å². The normalized spacial score (nSPS) is 10.3. The van der Waals surface area contributed by atoms with Crippen LogP contribution in [0.25, 0.3) is 11.2 Å². The molecule has 8 heteroatoms. The summed E-state index contributed by atoms with van der Waals surface area (Å²) in [7, 11) is 0. The van der Waals surface area contributed by atoms with Crippen molar-refractivity contribution in [1.82, 2.24) is 19.9 Å². The Kier molecular flexibility index (Phi) is 1.67. The van der Waals surface area contributed by atoms with Crippen LogP contribution < -0.4 is 17.2 Å². The number of fused-ring (bicyclic) bond motifs is 1. The lowest BCUT2D eigenvalue weighted by Gasteiger charge is -1.97. The SMILES string of the molecule is NC(N)=Nc1nc(N)nc2nc[nH]c12. The molecule has 0 bridgehead atoms. The van der Waals surface area contributed by atoms with Gasteiger partial charge in [-0.2, -0.15) is 15.0 Å². The molecule has 7 N–H and O–H groups in total. The van der Waals surface area contributed by atoms with Gasteiger partial charge in [-0.05, 0) is 0 Å². The van der Waals surface area contributed by atoms with Gasteiger partial charge >= 0.3 is 0 Å². The molecule has 2 aromatic heterocycles. The van der Waals surface area contributed by atoms with Crippen LogP contribution in [0.2, 0.25) is 0 Å². The third-order valence-electron chi connectivity index (χ3n) is 1.52. The number of guanidine groups is 1. The molecule has 0 aliphatic rings. The standard InChI is InChI=1S/C6H8N8/c7-5(8)12-4-2-3(11-1-10-2)13-6(9)14-4/h1H,(H7,7,8,9,10,11,12,13,14). The summed E-state index contributed by atoms with van der Waals surface area (Å²) in [5.41, 5.74) is 16.9. The van der Waals surface area contributed by atoms with Crippen molar-refractivity contribution < 1.29 is 0 Å². The van der Waals surface area contributed by atoms with Gasteiger partial charge in [0.05, 0.1) is 6.33 Å². The lowest BCUT2D eigenvalue weighted by atomic mass is 10.5. The first kappa shape index (κ1) is 8.23. The Balaban J connectivity index is 2.73. The monoisotopic (exact) mass is 192 g/mol. The van der Waals surface area contributed by atoms with E-state index in [4.69, 9.17) is 17.2 Å². The van der Waals surface area contributed by atoms with Crippen LogP contribution in [-0.4, -0.2) is 25.9 Å². The van der Waals surface area contributed by atoms with E-state index >= 15 is 0 Å². The van der Waals surface area contributed by atoms with Crippen molar-refractivity contribution in [2.24, 2.45) is 16.5 Å². The van der Waals surface area contributed by atoms with Crippen molar-refractivity contribution in [3.8, 4) is 0 Å². The highest BCUT2D eigenvalue weighted by molar-refractivity contribution is 5.87. The predicted octanol–water partition coefficient (Wildman–Crippen LogP) is -1.16. The van der Waals surface area contributed by atoms with Crippen molar-refractivity contribution in [2.45, 2.75) is 0 Å². The minimum Gasteiger partial charge on any atom is -0.370 e. The van der Waals surface area contributed by atoms with E-state index in [0.717, 1.165) is 0 Å². The predicted molar refractivity (Wildman–Crippen MR) is 51.6 cm³/mol. The number of hydrogen-bond acceptors (Lipinski definition) is 5. The molecular weight excluding hydrogens is 184 g/mol. The zero-order valence-electron chi connectivity index (χ0n) is 7.10. The Morgan fingerprint density at radius 2 is 2.14 bits per heavy atom. The first-order chi connectivity index (χ1) is 6.66. The Morgan fingerprint density at radius 1 is 1.36 bits per heavy atom. The third kappa shape index (κ3) is 1.28. The van der Waals surface area contributed by atoms with Gasteiger partial charge < -0.3 is 22.2 Å². The van der Waals surface area contributed by atoms with Gasteiger partial charge in [-0.25, -0.2) is 4.98 Å². The van der Waals surface area contributed by atoms with Crippen molar-refractivity contribution in [3.05, 3.63) is 6.33 Å². The molecule has 8 nitrogen and oxygen atoms in total. The second kappa shape index (κ2) is 2.83. The highest BCUT2D eigenvalue weighted by Crippen LogP contribution is 2.19. The van der Waals surface area contributed by atoms with E-state index in [0.29, 0.717) is 11.2 Å². The van der Waals surface area contributed by atoms with Crippen LogP contribution in [0.4, 0.5) is 11.8 Å². The lowest BCUT2D eigenvalue weighted by Crippen LogP contribution is -2.22. The van der Waals surface area contributed by atoms with Gasteiger partial charge in [0.25, 0.3) is 0 Å². The van der Waals surface area contributed by atoms with Crippen LogP contribution in [0.5, 0.6) is 0 Å². The average molecular weight is 192 g/mol. The minimum atomic E-state index is -0.0981. The number of nitrogens with one attached hydrogen (secondary N) is 1. The van der Waals surface area contributed by atoms with Crippen LogP contribution >= 0.6 is 0 Å². The second-order valence-electron chi connectivity index (χ2n) is 2.54. The minimum absolute atomic E-state index is 0.0737. The number of aromatic nitrogens is 4. The maximum Gasteiger partial charge on any atom is 0.224 e. The number of hydrogen-bond donors (Lipinski definition) is 4. The van der Waals surface area contributed by atoms with Crippen LogP contribution in [0.3, 0.4) is 0 Å². The highest BCUT2D eigenvalue weighted by atomic mass is 15.1. The number of anilines is 1. The summed E-state index contributed by atoms with van der Waals surface area (Å²) in [5.74, 6) is 0.258. The van der Waals surface area contributed by atoms with Gasteiger partial charge in [0, 0.05) is 0 Å². The zero-order chi connectivity index (χ0) is 10.1. The van der Waals surface area contributed by atoms with Crippen molar-refractivity contribution in [1.29, 1.82) is 0 Å². The van der Waals surface area contributed by atoms with E-state index < -0.39 is 0 Å². The molecule has 14 heavy (non-hydrogen) atoms. The highest BCUT2D eigenvalue weighted by Gasteiger charge is 2.07. The van der Waals surface area contributed by atoms with Gasteiger partial charge in [0.1, 0.15) is 5.52 Å². The lowest BCUT2D eigenvalue weighted by molar-refractivity contribution is 1.19. The molecule has 0 saturated carbocycles. The number of aliphatic imine (C=N–C) groups is 1. The fraction of sp³-hybridized carbons (Fsp3) is 0. The van der Waals surface area contributed by atoms with E-state index in [2.05, 4.69) is 24.9 Å². The molecule has 72 valence electrons. The first-order valence-electron chi connectivity index (χ1n) is 3.73. The van der Waals surface area contributed by atoms with Crippen molar-refractivity contribution >= 4 is 28.9 Å². The number of rotatable bonds is 1. The Labute approximate surface area is 78.3 Å². The summed E-state index contributed by atoms with van der Waals surface area (Å²) in [6, 6.07) is 0. The van der Waals surface area contributed by atoms with Gasteiger partial charge in [-0.15, -0.1) is 0 Å². The van der Waals surface area contributed by atoms with E-state index in [-0.39, 0.29) is 17.7 Å². The molecule has 0 fully saturated rings. The van der Waals surface area contributed by atoms with Crippen LogP contribution in [0.1, 0.15) is 0 Å². The average Bonchev–Trinajstić information content (AvgIpc) is 2.50. The molecule has 2 rings (SSSR count). The van der Waals surface area contributed by atoms with E-state index in [1.54, 1.807) is 0 Å². The zero-order valence-corrected chi connectivity index (χ0v) is 7.10. The molecule has 0 aliphatic carbocycles. The molecule has 0 atom stereocenters. The number of nitrogens with two attached hydrogens (primary N) is 3. The van der Waals surface area contributed by atoms with Crippen LogP contribution in [0.15, 0.2) is 11.3 Å². The van der Waals surface area contributed by atoms with Gasteiger partial charge in [-0.3, -0.25) is 0 Å². The Hall–Kier alpha value is -2.38.